The average Bonchev–Trinajstić information content (AvgIpc) is 3.15. The van der Waals surface area contributed by atoms with E-state index >= 15 is 0 Å². The van der Waals surface area contributed by atoms with Gasteiger partial charge in [-0.3, -0.25) is 9.48 Å². The SMILES string of the molecule is CNc1cc(C2CCCN2C(=O)c2ccn(C)n2)ccn1. The van der Waals surface area contributed by atoms with Crippen molar-refractivity contribution in [1.29, 1.82) is 0 Å². The topological polar surface area (TPSA) is 63.1 Å². The summed E-state index contributed by atoms with van der Waals surface area (Å²) in [6.07, 6.45) is 5.57. The minimum Gasteiger partial charge on any atom is -0.373 e. The zero-order valence-electron chi connectivity index (χ0n) is 12.3. The molecule has 0 radical (unpaired) electrons. The predicted octanol–water partition coefficient (Wildman–Crippen LogP) is 1.83. The number of aromatic nitrogens is 3. The number of carbonyl (C=O) groups excluding carboxylic acids is 1. The Balaban J connectivity index is 1.86. The third-order valence-electron chi connectivity index (χ3n) is 3.87. The Morgan fingerprint density at radius 1 is 1.43 bits per heavy atom. The lowest BCUT2D eigenvalue weighted by atomic mass is 10.1. The Kier molecular flexibility index (Phi) is 3.60. The van der Waals surface area contributed by atoms with Crippen LogP contribution in [-0.4, -0.2) is 39.2 Å². The Morgan fingerprint density at radius 2 is 2.29 bits per heavy atom. The van der Waals surface area contributed by atoms with E-state index < -0.39 is 0 Å². The maximum Gasteiger partial charge on any atom is 0.274 e. The number of anilines is 1. The van der Waals surface area contributed by atoms with E-state index in [0.717, 1.165) is 30.8 Å². The molecule has 2 aromatic heterocycles. The van der Waals surface area contributed by atoms with Gasteiger partial charge < -0.3 is 10.2 Å². The molecule has 21 heavy (non-hydrogen) atoms. The summed E-state index contributed by atoms with van der Waals surface area (Å²) in [7, 11) is 3.66. The zero-order valence-corrected chi connectivity index (χ0v) is 12.3. The molecule has 1 amide bonds. The van der Waals surface area contributed by atoms with Crippen molar-refractivity contribution < 1.29 is 4.79 Å². The van der Waals surface area contributed by atoms with Gasteiger partial charge in [0.2, 0.25) is 0 Å². The molecule has 0 spiro atoms. The maximum atomic E-state index is 12.6. The van der Waals surface area contributed by atoms with E-state index in [1.165, 1.54) is 0 Å². The second kappa shape index (κ2) is 5.55. The van der Waals surface area contributed by atoms with E-state index in [9.17, 15) is 4.79 Å². The first-order valence-corrected chi connectivity index (χ1v) is 7.13. The molecule has 1 aliphatic rings. The number of pyridine rings is 1. The van der Waals surface area contributed by atoms with Crippen LogP contribution in [0, 0.1) is 0 Å². The smallest absolute Gasteiger partial charge is 0.274 e. The Bertz CT molecular complexity index is 651. The Morgan fingerprint density at radius 3 is 3.00 bits per heavy atom. The van der Waals surface area contributed by atoms with Crippen molar-refractivity contribution in [2.45, 2.75) is 18.9 Å². The van der Waals surface area contributed by atoms with Gasteiger partial charge in [0.15, 0.2) is 0 Å². The van der Waals surface area contributed by atoms with Gasteiger partial charge in [0.1, 0.15) is 11.5 Å². The fourth-order valence-electron chi connectivity index (χ4n) is 2.82. The summed E-state index contributed by atoms with van der Waals surface area (Å²) >= 11 is 0. The molecule has 1 atom stereocenters. The van der Waals surface area contributed by atoms with E-state index in [-0.39, 0.29) is 11.9 Å². The lowest BCUT2D eigenvalue weighted by molar-refractivity contribution is 0.0729. The standard InChI is InChI=1S/C15H19N5O/c1-16-14-10-11(5-7-17-14)13-4-3-8-20(13)15(21)12-6-9-19(2)18-12/h5-7,9-10,13H,3-4,8H2,1-2H3,(H,16,17). The van der Waals surface area contributed by atoms with Gasteiger partial charge in [-0.1, -0.05) is 0 Å². The number of amides is 1. The number of nitrogens with zero attached hydrogens (tertiary/aromatic N) is 4. The second-order valence-electron chi connectivity index (χ2n) is 5.26. The molecule has 2 aromatic rings. The monoisotopic (exact) mass is 285 g/mol. The summed E-state index contributed by atoms with van der Waals surface area (Å²) in [6, 6.07) is 5.86. The minimum atomic E-state index is 0.000852. The molecule has 0 saturated carbocycles. The summed E-state index contributed by atoms with van der Waals surface area (Å²) in [6.45, 7) is 0.775. The van der Waals surface area contributed by atoms with Gasteiger partial charge in [-0.2, -0.15) is 5.10 Å². The second-order valence-corrected chi connectivity index (χ2v) is 5.26. The number of nitrogens with one attached hydrogen (secondary N) is 1. The fourth-order valence-corrected chi connectivity index (χ4v) is 2.82. The molecule has 110 valence electrons. The van der Waals surface area contributed by atoms with E-state index in [1.54, 1.807) is 23.1 Å². The average molecular weight is 285 g/mol. The van der Waals surface area contributed by atoms with Crippen molar-refractivity contribution in [1.82, 2.24) is 19.7 Å². The molecule has 6 nitrogen and oxygen atoms in total. The molecule has 3 rings (SSSR count). The Labute approximate surface area is 123 Å². The van der Waals surface area contributed by atoms with E-state index in [4.69, 9.17) is 0 Å². The van der Waals surface area contributed by atoms with Crippen LogP contribution in [0.2, 0.25) is 0 Å². The fraction of sp³-hybridized carbons (Fsp3) is 0.400. The van der Waals surface area contributed by atoms with Crippen LogP contribution in [0.25, 0.3) is 0 Å². The molecule has 3 heterocycles. The number of hydrogen-bond acceptors (Lipinski definition) is 4. The normalized spacial score (nSPS) is 18.0. The van der Waals surface area contributed by atoms with Crippen LogP contribution in [0.4, 0.5) is 5.82 Å². The first-order chi connectivity index (χ1) is 10.2. The highest BCUT2D eigenvalue weighted by molar-refractivity contribution is 5.92. The lowest BCUT2D eigenvalue weighted by Gasteiger charge is -2.24. The number of rotatable bonds is 3. The zero-order chi connectivity index (χ0) is 14.8. The molecule has 0 aromatic carbocycles. The van der Waals surface area contributed by atoms with Gasteiger partial charge in [0, 0.05) is 33.0 Å². The molecule has 0 bridgehead atoms. The minimum absolute atomic E-state index is 0.000852. The molecular weight excluding hydrogens is 266 g/mol. The third-order valence-corrected chi connectivity index (χ3v) is 3.87. The highest BCUT2D eigenvalue weighted by Gasteiger charge is 2.31. The molecule has 0 aliphatic carbocycles. The Hall–Kier alpha value is -2.37. The van der Waals surface area contributed by atoms with Gasteiger partial charge in [0.05, 0.1) is 6.04 Å². The van der Waals surface area contributed by atoms with Crippen LogP contribution in [0.15, 0.2) is 30.6 Å². The van der Waals surface area contributed by atoms with Gasteiger partial charge in [-0.15, -0.1) is 0 Å². The van der Waals surface area contributed by atoms with Crippen LogP contribution >= 0.6 is 0 Å². The molecule has 1 unspecified atom stereocenters. The van der Waals surface area contributed by atoms with Crippen molar-refractivity contribution in [2.75, 3.05) is 18.9 Å². The van der Waals surface area contributed by atoms with Gasteiger partial charge >= 0.3 is 0 Å². The summed E-state index contributed by atoms with van der Waals surface area (Å²) in [5, 5.41) is 7.26. The number of hydrogen-bond donors (Lipinski definition) is 1. The van der Waals surface area contributed by atoms with Crippen molar-refractivity contribution in [3.05, 3.63) is 41.9 Å². The first kappa shape index (κ1) is 13.6. The highest BCUT2D eigenvalue weighted by atomic mass is 16.2. The third kappa shape index (κ3) is 2.61. The number of aryl methyl sites for hydroxylation is 1. The van der Waals surface area contributed by atoms with Crippen LogP contribution in [0.1, 0.15) is 34.9 Å². The highest BCUT2D eigenvalue weighted by Crippen LogP contribution is 2.33. The summed E-state index contributed by atoms with van der Waals surface area (Å²) in [5.74, 6) is 0.825. The van der Waals surface area contributed by atoms with Crippen LogP contribution in [0.5, 0.6) is 0 Å². The predicted molar refractivity (Wildman–Crippen MR) is 80.0 cm³/mol. The quantitative estimate of drug-likeness (QED) is 0.934. The maximum absolute atomic E-state index is 12.6. The molecule has 1 N–H and O–H groups in total. The first-order valence-electron chi connectivity index (χ1n) is 7.13. The molecular formula is C15H19N5O. The molecule has 6 heteroatoms. The molecule has 1 saturated heterocycles. The van der Waals surface area contributed by atoms with E-state index in [0.29, 0.717) is 5.69 Å². The summed E-state index contributed by atoms with van der Waals surface area (Å²) in [5.41, 5.74) is 1.63. The van der Waals surface area contributed by atoms with Crippen molar-refractivity contribution in [3.63, 3.8) is 0 Å². The van der Waals surface area contributed by atoms with Crippen LogP contribution in [0.3, 0.4) is 0 Å². The van der Waals surface area contributed by atoms with Crippen molar-refractivity contribution >= 4 is 11.7 Å². The number of likely N-dealkylation sites (tertiary alicyclic amines) is 1. The van der Waals surface area contributed by atoms with Gasteiger partial charge in [-0.25, -0.2) is 4.98 Å². The molecule has 1 fully saturated rings. The lowest BCUT2D eigenvalue weighted by Crippen LogP contribution is -2.31. The van der Waals surface area contributed by atoms with Crippen molar-refractivity contribution in [3.8, 4) is 0 Å². The number of carbonyl (C=O) groups is 1. The van der Waals surface area contributed by atoms with Crippen molar-refractivity contribution in [2.24, 2.45) is 7.05 Å². The summed E-state index contributed by atoms with van der Waals surface area (Å²) in [4.78, 5) is 18.8. The van der Waals surface area contributed by atoms with Crippen LogP contribution < -0.4 is 5.32 Å². The largest absolute Gasteiger partial charge is 0.373 e. The van der Waals surface area contributed by atoms with Gasteiger partial charge in [-0.05, 0) is 36.6 Å². The van der Waals surface area contributed by atoms with Gasteiger partial charge in [0.25, 0.3) is 5.91 Å². The molecule has 1 aliphatic heterocycles. The summed E-state index contributed by atoms with van der Waals surface area (Å²) < 4.78 is 1.66. The van der Waals surface area contributed by atoms with E-state index in [1.807, 2.05) is 31.1 Å². The van der Waals surface area contributed by atoms with Crippen LogP contribution in [-0.2, 0) is 7.05 Å². The van der Waals surface area contributed by atoms with E-state index in [2.05, 4.69) is 15.4 Å².